The largest absolute Gasteiger partial charge is 0.394 e. The molecule has 352 valence electrons. The Kier molecular flexibility index (Phi) is 39.3. The second-order valence-electron chi connectivity index (χ2n) is 18.3. The normalized spacial score (nSPS) is 20.6. The quantitative estimate of drug-likeness (QED) is 0.0332. The van der Waals surface area contributed by atoms with Crippen molar-refractivity contribution in [2.24, 2.45) is 0 Å². The Balaban J connectivity index is 2.24. The molecule has 59 heavy (non-hydrogen) atoms. The zero-order valence-electron chi connectivity index (χ0n) is 38.8. The van der Waals surface area contributed by atoms with Crippen LogP contribution in [0.5, 0.6) is 0 Å². The molecule has 1 aliphatic rings. The molecule has 1 amide bonds. The van der Waals surface area contributed by atoms with Gasteiger partial charge in [-0.15, -0.1) is 0 Å². The number of aliphatic hydroxyl groups is 5. The zero-order valence-corrected chi connectivity index (χ0v) is 38.8. The zero-order chi connectivity index (χ0) is 43.0. The number of rotatable bonds is 44. The number of amides is 1. The van der Waals surface area contributed by atoms with Crippen LogP contribution in [-0.4, -0.2) is 87.5 Å². The van der Waals surface area contributed by atoms with Crippen LogP contribution in [0.15, 0.2) is 0 Å². The first-order valence-electron chi connectivity index (χ1n) is 25.7. The van der Waals surface area contributed by atoms with Crippen LogP contribution in [0.2, 0.25) is 0 Å². The van der Waals surface area contributed by atoms with E-state index >= 15 is 0 Å². The van der Waals surface area contributed by atoms with Crippen molar-refractivity contribution < 1.29 is 39.8 Å². The van der Waals surface area contributed by atoms with Gasteiger partial charge in [-0.25, -0.2) is 0 Å². The van der Waals surface area contributed by atoms with E-state index in [1.807, 2.05) is 0 Å². The first kappa shape index (κ1) is 56.2. The van der Waals surface area contributed by atoms with Gasteiger partial charge in [-0.2, -0.15) is 0 Å². The van der Waals surface area contributed by atoms with Crippen LogP contribution in [0.3, 0.4) is 0 Å². The summed E-state index contributed by atoms with van der Waals surface area (Å²) in [6, 6.07) is -0.712. The van der Waals surface area contributed by atoms with E-state index in [2.05, 4.69) is 19.2 Å². The maximum atomic E-state index is 13.0. The second kappa shape index (κ2) is 41.2. The van der Waals surface area contributed by atoms with E-state index in [1.165, 1.54) is 193 Å². The highest BCUT2D eigenvalue weighted by Gasteiger charge is 2.44. The number of carbonyl (C=O) groups excluding carboxylic acids is 1. The fourth-order valence-electron chi connectivity index (χ4n) is 8.58. The van der Waals surface area contributed by atoms with E-state index in [1.54, 1.807) is 0 Å². The fourth-order valence-corrected chi connectivity index (χ4v) is 8.58. The molecule has 1 saturated heterocycles. The van der Waals surface area contributed by atoms with Crippen molar-refractivity contribution in [1.29, 1.82) is 0 Å². The SMILES string of the molecule is CCCCCCCCCCCCCCCCCCCCCCCC(=O)N[C@@H](CO[C@H]1O[C@H](CO)[C@@H](O)[C@H](O)[C@H]1O)[C@H](O)CCCCCCCCCCCCCCCCC. The van der Waals surface area contributed by atoms with Crippen molar-refractivity contribution >= 4 is 5.91 Å². The molecule has 0 aliphatic carbocycles. The number of hydrogen-bond donors (Lipinski definition) is 6. The number of unbranched alkanes of at least 4 members (excludes halogenated alkanes) is 34. The number of carbonyl (C=O) groups is 1. The Labute approximate surface area is 364 Å². The third-order valence-corrected chi connectivity index (χ3v) is 12.7. The molecule has 0 aromatic heterocycles. The molecular formula is C50H99NO8. The van der Waals surface area contributed by atoms with Gasteiger partial charge in [0.1, 0.15) is 24.4 Å². The summed E-state index contributed by atoms with van der Waals surface area (Å²) in [7, 11) is 0. The topological polar surface area (TPSA) is 149 Å². The third kappa shape index (κ3) is 31.6. The lowest BCUT2D eigenvalue weighted by molar-refractivity contribution is -0.302. The Morgan fingerprint density at radius 2 is 0.847 bits per heavy atom. The van der Waals surface area contributed by atoms with Gasteiger partial charge < -0.3 is 40.3 Å². The van der Waals surface area contributed by atoms with E-state index in [4.69, 9.17) is 9.47 Å². The smallest absolute Gasteiger partial charge is 0.220 e. The molecule has 0 spiro atoms. The molecule has 6 N–H and O–H groups in total. The molecule has 0 saturated carbocycles. The summed E-state index contributed by atoms with van der Waals surface area (Å²) in [5, 5.41) is 54.5. The van der Waals surface area contributed by atoms with E-state index in [-0.39, 0.29) is 12.5 Å². The van der Waals surface area contributed by atoms with Gasteiger partial charge in [-0.1, -0.05) is 239 Å². The highest BCUT2D eigenvalue weighted by atomic mass is 16.7. The van der Waals surface area contributed by atoms with Gasteiger partial charge in [0, 0.05) is 6.42 Å². The average molecular weight is 842 g/mol. The predicted octanol–water partition coefficient (Wildman–Crippen LogP) is 11.5. The molecule has 1 rings (SSSR count). The van der Waals surface area contributed by atoms with E-state index in [0.717, 1.165) is 38.5 Å². The summed E-state index contributed by atoms with van der Waals surface area (Å²) in [6.45, 7) is 3.87. The summed E-state index contributed by atoms with van der Waals surface area (Å²) < 4.78 is 11.3. The molecule has 0 unspecified atom stereocenters. The van der Waals surface area contributed by atoms with Crippen LogP contribution in [0.4, 0.5) is 0 Å². The molecule has 7 atom stereocenters. The van der Waals surface area contributed by atoms with Crippen molar-refractivity contribution in [3.63, 3.8) is 0 Å². The standard InChI is InChI=1S/C50H99NO8/c1-3-5-7-9-11-13-15-17-19-20-21-22-23-24-26-28-30-32-34-36-38-40-46(54)51-43(42-58-50-49(57)48(56)47(55)45(41-52)59-50)44(53)39-37-35-33-31-29-27-25-18-16-14-12-10-8-6-4-2/h43-45,47-50,52-53,55-57H,3-42H2,1-2H3,(H,51,54)/t43-,44+,45+,47+,48-,49+,50-/m0/s1. The third-order valence-electron chi connectivity index (χ3n) is 12.7. The number of ether oxygens (including phenoxy) is 2. The van der Waals surface area contributed by atoms with Crippen LogP contribution in [0.25, 0.3) is 0 Å². The molecule has 0 radical (unpaired) electrons. The Morgan fingerprint density at radius 3 is 1.20 bits per heavy atom. The highest BCUT2D eigenvalue weighted by molar-refractivity contribution is 5.76. The fraction of sp³-hybridized carbons (Fsp3) is 0.980. The van der Waals surface area contributed by atoms with E-state index in [0.29, 0.717) is 12.8 Å². The molecule has 9 nitrogen and oxygen atoms in total. The monoisotopic (exact) mass is 842 g/mol. The maximum absolute atomic E-state index is 13.0. The molecule has 0 aromatic rings. The summed E-state index contributed by atoms with van der Waals surface area (Å²) in [4.78, 5) is 13.0. The van der Waals surface area contributed by atoms with Crippen molar-refractivity contribution in [1.82, 2.24) is 5.32 Å². The Hall–Kier alpha value is -0.810. The van der Waals surface area contributed by atoms with Gasteiger partial charge in [0.05, 0.1) is 25.4 Å². The maximum Gasteiger partial charge on any atom is 0.220 e. The van der Waals surface area contributed by atoms with Gasteiger partial charge in [0.2, 0.25) is 5.91 Å². The summed E-state index contributed by atoms with van der Waals surface area (Å²) in [5.41, 5.74) is 0. The Bertz CT molecular complexity index is 893. The minimum absolute atomic E-state index is 0.131. The lowest BCUT2D eigenvalue weighted by Gasteiger charge is -2.40. The van der Waals surface area contributed by atoms with Crippen LogP contribution in [-0.2, 0) is 14.3 Å². The molecule has 0 bridgehead atoms. The van der Waals surface area contributed by atoms with E-state index < -0.39 is 49.5 Å². The van der Waals surface area contributed by atoms with Crippen LogP contribution >= 0.6 is 0 Å². The van der Waals surface area contributed by atoms with Gasteiger partial charge in [-0.05, 0) is 12.8 Å². The lowest BCUT2D eigenvalue weighted by Crippen LogP contribution is -2.60. The minimum Gasteiger partial charge on any atom is -0.394 e. The van der Waals surface area contributed by atoms with Crippen LogP contribution in [0, 0.1) is 0 Å². The molecule has 9 heteroatoms. The first-order chi connectivity index (χ1) is 28.8. The van der Waals surface area contributed by atoms with Gasteiger partial charge in [0.25, 0.3) is 0 Å². The van der Waals surface area contributed by atoms with Crippen molar-refractivity contribution in [3.8, 4) is 0 Å². The lowest BCUT2D eigenvalue weighted by atomic mass is 9.99. The summed E-state index contributed by atoms with van der Waals surface area (Å²) >= 11 is 0. The molecule has 0 aromatic carbocycles. The number of aliphatic hydroxyl groups excluding tert-OH is 5. The van der Waals surface area contributed by atoms with Crippen molar-refractivity contribution in [3.05, 3.63) is 0 Å². The molecule has 1 aliphatic heterocycles. The second-order valence-corrected chi connectivity index (χ2v) is 18.3. The first-order valence-corrected chi connectivity index (χ1v) is 25.7. The van der Waals surface area contributed by atoms with Gasteiger partial charge >= 0.3 is 0 Å². The molecule has 1 fully saturated rings. The number of nitrogens with one attached hydrogen (secondary N) is 1. The van der Waals surface area contributed by atoms with Crippen molar-refractivity contribution in [2.45, 2.75) is 301 Å². The number of hydrogen-bond acceptors (Lipinski definition) is 8. The van der Waals surface area contributed by atoms with Crippen LogP contribution < -0.4 is 5.32 Å². The average Bonchev–Trinajstić information content (AvgIpc) is 3.23. The van der Waals surface area contributed by atoms with Crippen molar-refractivity contribution in [2.75, 3.05) is 13.2 Å². The minimum atomic E-state index is -1.55. The highest BCUT2D eigenvalue weighted by Crippen LogP contribution is 2.23. The summed E-state index contributed by atoms with van der Waals surface area (Å²) in [6.07, 6.45) is 39.7. The Morgan fingerprint density at radius 1 is 0.508 bits per heavy atom. The van der Waals surface area contributed by atoms with E-state index in [9.17, 15) is 30.3 Å². The molecule has 1 heterocycles. The van der Waals surface area contributed by atoms with Gasteiger partial charge in [-0.3, -0.25) is 4.79 Å². The van der Waals surface area contributed by atoms with Gasteiger partial charge in [0.15, 0.2) is 6.29 Å². The summed E-state index contributed by atoms with van der Waals surface area (Å²) in [5.74, 6) is -0.138. The predicted molar refractivity (Wildman–Crippen MR) is 244 cm³/mol. The molecular weight excluding hydrogens is 743 g/mol. The van der Waals surface area contributed by atoms with Crippen LogP contribution in [0.1, 0.15) is 258 Å².